The fraction of sp³-hybridized carbons (Fsp3) is 0.353. The van der Waals surface area contributed by atoms with Crippen molar-refractivity contribution in [2.45, 2.75) is 24.7 Å². The third-order valence-corrected chi connectivity index (χ3v) is 4.79. The van der Waals surface area contributed by atoms with Crippen molar-refractivity contribution in [3.05, 3.63) is 24.3 Å². The molecular weight excluding hydrogens is 379 g/mol. The van der Waals surface area contributed by atoms with Crippen LogP contribution in [0.4, 0.5) is 24.9 Å². The molecule has 4 heterocycles. The number of nitrogens with one attached hydrogen (secondary N) is 1. The molecule has 2 bridgehead atoms. The minimum absolute atomic E-state index is 0.305. The number of hydrogen-bond donors (Lipinski definition) is 3. The van der Waals surface area contributed by atoms with E-state index in [1.54, 1.807) is 0 Å². The van der Waals surface area contributed by atoms with Gasteiger partial charge in [0.2, 0.25) is 5.95 Å². The van der Waals surface area contributed by atoms with Crippen molar-refractivity contribution in [3.8, 4) is 0 Å². The lowest BCUT2D eigenvalue weighted by Gasteiger charge is -2.28. The SMILES string of the molecule is Nc1nc(N2CC3CC2CN3)c2oc3ccccc3c2n1.O=C(O)C(F)(F)F. The Morgan fingerprint density at radius 2 is 2.04 bits per heavy atom. The Hall–Kier alpha value is -3.08. The van der Waals surface area contributed by atoms with Crippen molar-refractivity contribution >= 4 is 39.8 Å². The summed E-state index contributed by atoms with van der Waals surface area (Å²) in [6.45, 7) is 1.95. The zero-order valence-corrected chi connectivity index (χ0v) is 14.4. The highest BCUT2D eigenvalue weighted by Gasteiger charge is 2.40. The molecule has 2 aromatic heterocycles. The van der Waals surface area contributed by atoms with E-state index in [0.717, 1.165) is 47.4 Å². The summed E-state index contributed by atoms with van der Waals surface area (Å²) in [6.07, 6.45) is -3.92. The summed E-state index contributed by atoms with van der Waals surface area (Å²) in [5.74, 6) is -1.62. The molecule has 2 atom stereocenters. The quantitative estimate of drug-likeness (QED) is 0.574. The molecule has 0 spiro atoms. The first-order valence-corrected chi connectivity index (χ1v) is 8.49. The van der Waals surface area contributed by atoms with Gasteiger partial charge in [0.15, 0.2) is 11.4 Å². The molecule has 2 fully saturated rings. The Labute approximate surface area is 156 Å². The number of aliphatic carboxylic acids is 1. The number of nitrogens with zero attached hydrogens (tertiary/aromatic N) is 3. The number of anilines is 2. The van der Waals surface area contributed by atoms with E-state index in [0.29, 0.717) is 18.0 Å². The van der Waals surface area contributed by atoms with Crippen LogP contribution >= 0.6 is 0 Å². The van der Waals surface area contributed by atoms with E-state index < -0.39 is 12.1 Å². The Kier molecular flexibility index (Phi) is 4.26. The molecule has 0 saturated carbocycles. The number of furan rings is 1. The van der Waals surface area contributed by atoms with Gasteiger partial charge in [-0.05, 0) is 18.6 Å². The highest BCUT2D eigenvalue weighted by Crippen LogP contribution is 2.37. The number of carboxylic acid groups (broad SMARTS) is 1. The molecule has 11 heteroatoms. The van der Waals surface area contributed by atoms with Crippen LogP contribution in [0, 0.1) is 0 Å². The monoisotopic (exact) mass is 395 g/mol. The molecule has 2 unspecified atom stereocenters. The Balaban J connectivity index is 0.000000239. The van der Waals surface area contributed by atoms with Gasteiger partial charge in [-0.3, -0.25) is 0 Å². The minimum atomic E-state index is -5.08. The second-order valence-corrected chi connectivity index (χ2v) is 6.63. The van der Waals surface area contributed by atoms with Crippen LogP contribution in [-0.4, -0.2) is 52.4 Å². The Morgan fingerprint density at radius 1 is 1.32 bits per heavy atom. The van der Waals surface area contributed by atoms with Crippen LogP contribution in [0.2, 0.25) is 0 Å². The van der Waals surface area contributed by atoms with Crippen LogP contribution < -0.4 is 16.0 Å². The summed E-state index contributed by atoms with van der Waals surface area (Å²) in [6, 6.07) is 8.93. The highest BCUT2D eigenvalue weighted by molar-refractivity contribution is 6.06. The zero-order valence-electron chi connectivity index (χ0n) is 14.4. The molecule has 0 amide bonds. The zero-order chi connectivity index (χ0) is 20.1. The number of nitrogen functional groups attached to an aromatic ring is 1. The molecule has 0 radical (unpaired) electrons. The average molecular weight is 395 g/mol. The predicted molar refractivity (Wildman–Crippen MR) is 95.0 cm³/mol. The second kappa shape index (κ2) is 6.51. The summed E-state index contributed by atoms with van der Waals surface area (Å²) < 4.78 is 37.8. The van der Waals surface area contributed by atoms with Crippen molar-refractivity contribution in [3.63, 3.8) is 0 Å². The molecular formula is C17H16F3N5O3. The lowest BCUT2D eigenvalue weighted by Crippen LogP contribution is -2.44. The number of alkyl halides is 3. The van der Waals surface area contributed by atoms with E-state index in [2.05, 4.69) is 20.2 Å². The van der Waals surface area contributed by atoms with Gasteiger partial charge < -0.3 is 25.5 Å². The molecule has 5 rings (SSSR count). The summed E-state index contributed by atoms with van der Waals surface area (Å²) in [5.41, 5.74) is 8.32. The Bertz CT molecular complexity index is 1050. The average Bonchev–Trinajstić information content (AvgIpc) is 3.34. The normalized spacial score (nSPS) is 21.2. The predicted octanol–water partition coefficient (Wildman–Crippen LogP) is 2.14. The largest absolute Gasteiger partial charge is 0.490 e. The summed E-state index contributed by atoms with van der Waals surface area (Å²) in [7, 11) is 0. The molecule has 2 aliphatic rings. The minimum Gasteiger partial charge on any atom is -0.475 e. The number of hydrogen-bond acceptors (Lipinski definition) is 7. The third-order valence-electron chi connectivity index (χ3n) is 4.79. The summed E-state index contributed by atoms with van der Waals surface area (Å²) >= 11 is 0. The Morgan fingerprint density at radius 3 is 2.64 bits per heavy atom. The topological polar surface area (TPSA) is 118 Å². The molecule has 148 valence electrons. The number of nitrogens with two attached hydrogens (primary N) is 1. The van der Waals surface area contributed by atoms with E-state index in [-0.39, 0.29) is 0 Å². The molecule has 1 aromatic carbocycles. The van der Waals surface area contributed by atoms with E-state index in [4.69, 9.17) is 20.1 Å². The lowest BCUT2D eigenvalue weighted by atomic mass is 10.2. The van der Waals surface area contributed by atoms with Gasteiger partial charge in [0.05, 0.1) is 0 Å². The maximum atomic E-state index is 10.6. The standard InChI is InChI=1S/C15H15N5O.C2HF3O2/c16-15-18-12-10-3-1-2-4-11(10)21-13(12)14(19-15)20-7-8-5-9(20)6-17-8;3-2(4,5)1(6)7/h1-4,8-9,17H,5-7H2,(H2,16,18,19);(H,6,7). The fourth-order valence-electron chi connectivity index (χ4n) is 3.61. The van der Waals surface area contributed by atoms with Crippen molar-refractivity contribution in [2.24, 2.45) is 0 Å². The lowest BCUT2D eigenvalue weighted by molar-refractivity contribution is -0.192. The van der Waals surface area contributed by atoms with Gasteiger partial charge in [-0.1, -0.05) is 12.1 Å². The smallest absolute Gasteiger partial charge is 0.475 e. The number of para-hydroxylation sites is 1. The summed E-state index contributed by atoms with van der Waals surface area (Å²) in [5, 5.41) is 11.6. The number of benzene rings is 1. The van der Waals surface area contributed by atoms with Crippen LogP contribution in [0.5, 0.6) is 0 Å². The number of carboxylic acids is 1. The number of aromatic nitrogens is 2. The van der Waals surface area contributed by atoms with Crippen LogP contribution in [0.3, 0.4) is 0 Å². The van der Waals surface area contributed by atoms with Crippen LogP contribution in [0.25, 0.3) is 22.1 Å². The fourth-order valence-corrected chi connectivity index (χ4v) is 3.61. The maximum Gasteiger partial charge on any atom is 0.490 e. The molecule has 28 heavy (non-hydrogen) atoms. The van der Waals surface area contributed by atoms with Crippen molar-refractivity contribution in [1.82, 2.24) is 15.3 Å². The van der Waals surface area contributed by atoms with E-state index >= 15 is 0 Å². The number of fused-ring (bicyclic) bond motifs is 5. The van der Waals surface area contributed by atoms with Crippen molar-refractivity contribution < 1.29 is 27.5 Å². The molecule has 3 aromatic rings. The van der Waals surface area contributed by atoms with Gasteiger partial charge in [0.25, 0.3) is 0 Å². The first kappa shape index (κ1) is 18.3. The van der Waals surface area contributed by atoms with Gasteiger partial charge in [0, 0.05) is 30.6 Å². The molecule has 2 aliphatic heterocycles. The van der Waals surface area contributed by atoms with E-state index in [9.17, 15) is 13.2 Å². The number of halogens is 3. The van der Waals surface area contributed by atoms with Crippen LogP contribution in [0.1, 0.15) is 6.42 Å². The highest BCUT2D eigenvalue weighted by atomic mass is 19.4. The summed E-state index contributed by atoms with van der Waals surface area (Å²) in [4.78, 5) is 20.1. The van der Waals surface area contributed by atoms with Gasteiger partial charge in [-0.15, -0.1) is 0 Å². The molecule has 8 nitrogen and oxygen atoms in total. The van der Waals surface area contributed by atoms with Gasteiger partial charge in [-0.25, -0.2) is 9.78 Å². The van der Waals surface area contributed by atoms with Gasteiger partial charge in [0.1, 0.15) is 11.1 Å². The first-order valence-electron chi connectivity index (χ1n) is 8.49. The maximum absolute atomic E-state index is 10.6. The number of carbonyl (C=O) groups is 1. The third kappa shape index (κ3) is 3.17. The first-order chi connectivity index (χ1) is 13.2. The second-order valence-electron chi connectivity index (χ2n) is 6.63. The van der Waals surface area contributed by atoms with Crippen LogP contribution in [-0.2, 0) is 4.79 Å². The van der Waals surface area contributed by atoms with Gasteiger partial charge in [-0.2, -0.15) is 18.2 Å². The van der Waals surface area contributed by atoms with Gasteiger partial charge >= 0.3 is 12.1 Å². The number of piperazine rings is 1. The molecule has 2 saturated heterocycles. The molecule has 4 N–H and O–H groups in total. The molecule has 0 aliphatic carbocycles. The van der Waals surface area contributed by atoms with E-state index in [1.165, 1.54) is 0 Å². The van der Waals surface area contributed by atoms with Crippen molar-refractivity contribution in [2.75, 3.05) is 23.7 Å². The van der Waals surface area contributed by atoms with E-state index in [1.807, 2.05) is 24.3 Å². The van der Waals surface area contributed by atoms with Crippen molar-refractivity contribution in [1.29, 1.82) is 0 Å². The van der Waals surface area contributed by atoms with Crippen LogP contribution in [0.15, 0.2) is 28.7 Å². The number of rotatable bonds is 1.